The van der Waals surface area contributed by atoms with Crippen molar-refractivity contribution < 1.29 is 4.79 Å². The van der Waals surface area contributed by atoms with Crippen LogP contribution in [-0.4, -0.2) is 23.5 Å². The number of hydrogen-bond donors (Lipinski definition) is 1. The molecule has 0 bridgehead atoms. The molecule has 0 spiro atoms. The molecule has 3 nitrogen and oxygen atoms in total. The molecule has 2 fully saturated rings. The minimum absolute atomic E-state index is 0.149. The van der Waals surface area contributed by atoms with Crippen LogP contribution in [-0.2, 0) is 4.79 Å². The number of carbonyl (C=O) groups is 1. The van der Waals surface area contributed by atoms with E-state index in [1.165, 1.54) is 25.7 Å². The number of amides is 1. The van der Waals surface area contributed by atoms with E-state index in [-0.39, 0.29) is 18.1 Å². The van der Waals surface area contributed by atoms with Crippen molar-refractivity contribution in [3.8, 4) is 0 Å². The van der Waals surface area contributed by atoms with Crippen LogP contribution in [0.25, 0.3) is 0 Å². The van der Waals surface area contributed by atoms with E-state index < -0.39 is 0 Å². The predicted molar refractivity (Wildman–Crippen MR) is 84.7 cm³/mol. The van der Waals surface area contributed by atoms with Gasteiger partial charge in [-0.15, -0.1) is 0 Å². The minimum atomic E-state index is -0.149. The molecule has 114 valence electrons. The topological polar surface area (TPSA) is 32.3 Å². The Bertz CT molecular complexity index is 469. The summed E-state index contributed by atoms with van der Waals surface area (Å²) in [5.74, 6) is 1.12. The molecule has 21 heavy (non-hydrogen) atoms. The Balaban J connectivity index is 1.69. The van der Waals surface area contributed by atoms with Crippen LogP contribution >= 0.6 is 0 Å². The molecule has 2 atom stereocenters. The van der Waals surface area contributed by atoms with Crippen molar-refractivity contribution in [3.05, 3.63) is 35.9 Å². The number of nitrogens with zero attached hydrogens (tertiary/aromatic N) is 1. The second-order valence-corrected chi connectivity index (χ2v) is 6.43. The van der Waals surface area contributed by atoms with E-state index in [4.69, 9.17) is 0 Å². The minimum Gasteiger partial charge on any atom is -0.325 e. The van der Waals surface area contributed by atoms with E-state index in [0.717, 1.165) is 30.9 Å². The third-order valence-corrected chi connectivity index (χ3v) is 4.96. The Morgan fingerprint density at radius 1 is 1.19 bits per heavy atom. The number of carbonyl (C=O) groups excluding carboxylic acids is 1. The molecule has 3 heteroatoms. The third kappa shape index (κ3) is 3.13. The van der Waals surface area contributed by atoms with Gasteiger partial charge in [-0.3, -0.25) is 10.1 Å². The summed E-state index contributed by atoms with van der Waals surface area (Å²) in [7, 11) is 0. The van der Waals surface area contributed by atoms with Gasteiger partial charge in [0.2, 0.25) is 5.91 Å². The molecule has 1 heterocycles. The van der Waals surface area contributed by atoms with E-state index in [0.29, 0.717) is 0 Å². The number of rotatable bonds is 6. The lowest BCUT2D eigenvalue weighted by atomic mass is 9.83. The van der Waals surface area contributed by atoms with E-state index in [2.05, 4.69) is 17.1 Å². The molecule has 1 saturated carbocycles. The van der Waals surface area contributed by atoms with Crippen LogP contribution in [0.2, 0.25) is 0 Å². The van der Waals surface area contributed by atoms with E-state index >= 15 is 0 Å². The fourth-order valence-electron chi connectivity index (χ4n) is 3.44. The van der Waals surface area contributed by atoms with E-state index in [9.17, 15) is 4.79 Å². The van der Waals surface area contributed by atoms with Crippen molar-refractivity contribution in [2.45, 2.75) is 57.7 Å². The number of nitrogens with one attached hydrogen (secondary N) is 1. The highest BCUT2D eigenvalue weighted by molar-refractivity contribution is 5.85. The van der Waals surface area contributed by atoms with Gasteiger partial charge >= 0.3 is 0 Å². The fourth-order valence-corrected chi connectivity index (χ4v) is 3.44. The Morgan fingerprint density at radius 2 is 1.95 bits per heavy atom. The maximum atomic E-state index is 12.8. The first-order chi connectivity index (χ1) is 10.3. The summed E-state index contributed by atoms with van der Waals surface area (Å²) in [5, 5.41) is 3.54. The zero-order valence-electron chi connectivity index (χ0n) is 12.9. The van der Waals surface area contributed by atoms with Crippen LogP contribution in [0.15, 0.2) is 30.3 Å². The molecular weight excluding hydrogens is 260 g/mol. The molecule has 0 aromatic heterocycles. The molecule has 2 aliphatic rings. The van der Waals surface area contributed by atoms with Crippen molar-refractivity contribution >= 4 is 5.91 Å². The Labute approximate surface area is 127 Å². The molecule has 3 rings (SSSR count). The second-order valence-electron chi connectivity index (χ2n) is 6.43. The molecule has 1 saturated heterocycles. The van der Waals surface area contributed by atoms with E-state index in [1.807, 2.05) is 30.3 Å². The molecule has 1 aromatic rings. The Morgan fingerprint density at radius 3 is 2.57 bits per heavy atom. The molecule has 1 aliphatic heterocycles. The molecule has 1 aromatic carbocycles. The standard InChI is InChI=1S/C18H26N2O/c1-2-7-16-19-17(15-10-4-3-5-11-15)18(21)20(16)13-12-14-8-6-9-14/h3-5,10-11,14,16-17,19H,2,6-9,12-13H2,1H3. The highest BCUT2D eigenvalue weighted by Gasteiger charge is 2.39. The van der Waals surface area contributed by atoms with Gasteiger partial charge in [0.05, 0.1) is 6.17 Å². The molecule has 1 aliphatic carbocycles. The first-order valence-corrected chi connectivity index (χ1v) is 8.41. The van der Waals surface area contributed by atoms with Crippen molar-refractivity contribution in [2.75, 3.05) is 6.54 Å². The smallest absolute Gasteiger partial charge is 0.245 e. The van der Waals surface area contributed by atoms with Crippen molar-refractivity contribution in [3.63, 3.8) is 0 Å². The van der Waals surface area contributed by atoms with Gasteiger partial charge in [-0.1, -0.05) is 62.9 Å². The van der Waals surface area contributed by atoms with Crippen LogP contribution in [0, 0.1) is 5.92 Å². The highest BCUT2D eigenvalue weighted by Crippen LogP contribution is 2.32. The largest absolute Gasteiger partial charge is 0.325 e. The summed E-state index contributed by atoms with van der Waals surface area (Å²) in [4.78, 5) is 14.9. The van der Waals surface area contributed by atoms with Crippen LogP contribution in [0.5, 0.6) is 0 Å². The summed E-state index contributed by atoms with van der Waals surface area (Å²) >= 11 is 0. The third-order valence-electron chi connectivity index (χ3n) is 4.96. The Kier molecular flexibility index (Phi) is 4.59. The van der Waals surface area contributed by atoms with Crippen molar-refractivity contribution in [2.24, 2.45) is 5.92 Å². The van der Waals surface area contributed by atoms with Crippen LogP contribution < -0.4 is 5.32 Å². The van der Waals surface area contributed by atoms with Gasteiger partial charge in [-0.05, 0) is 24.3 Å². The van der Waals surface area contributed by atoms with Crippen molar-refractivity contribution in [1.82, 2.24) is 10.2 Å². The summed E-state index contributed by atoms with van der Waals surface area (Å²) in [5.41, 5.74) is 1.09. The molecule has 1 amide bonds. The normalized spacial score (nSPS) is 26.1. The monoisotopic (exact) mass is 286 g/mol. The summed E-state index contributed by atoms with van der Waals surface area (Å²) in [6.07, 6.45) is 7.63. The number of hydrogen-bond acceptors (Lipinski definition) is 2. The SMILES string of the molecule is CCCC1NC(c2ccccc2)C(=O)N1CCC1CCC1. The summed E-state index contributed by atoms with van der Waals surface area (Å²) < 4.78 is 0. The molecule has 1 N–H and O–H groups in total. The van der Waals surface area contributed by atoms with Gasteiger partial charge in [-0.2, -0.15) is 0 Å². The van der Waals surface area contributed by atoms with E-state index in [1.54, 1.807) is 0 Å². The first-order valence-electron chi connectivity index (χ1n) is 8.41. The van der Waals surface area contributed by atoms with Crippen LogP contribution in [0.3, 0.4) is 0 Å². The summed E-state index contributed by atoms with van der Waals surface area (Å²) in [6, 6.07) is 9.97. The zero-order valence-corrected chi connectivity index (χ0v) is 12.9. The Hall–Kier alpha value is -1.35. The van der Waals surface area contributed by atoms with Gasteiger partial charge < -0.3 is 4.90 Å². The first kappa shape index (κ1) is 14.6. The molecular formula is C18H26N2O. The molecule has 0 radical (unpaired) electrons. The average Bonchev–Trinajstić information content (AvgIpc) is 2.76. The van der Waals surface area contributed by atoms with Gasteiger partial charge in [0.15, 0.2) is 0 Å². The van der Waals surface area contributed by atoms with Gasteiger partial charge in [0.25, 0.3) is 0 Å². The maximum Gasteiger partial charge on any atom is 0.245 e. The van der Waals surface area contributed by atoms with Gasteiger partial charge in [0, 0.05) is 6.54 Å². The number of benzene rings is 1. The average molecular weight is 286 g/mol. The van der Waals surface area contributed by atoms with Crippen molar-refractivity contribution in [1.29, 1.82) is 0 Å². The van der Waals surface area contributed by atoms with Gasteiger partial charge in [-0.25, -0.2) is 0 Å². The van der Waals surface area contributed by atoms with Gasteiger partial charge in [0.1, 0.15) is 6.04 Å². The maximum absolute atomic E-state index is 12.8. The lowest BCUT2D eigenvalue weighted by Crippen LogP contribution is -2.38. The van der Waals surface area contributed by atoms with Crippen LogP contribution in [0.4, 0.5) is 0 Å². The summed E-state index contributed by atoms with van der Waals surface area (Å²) in [6.45, 7) is 3.11. The lowest BCUT2D eigenvalue weighted by molar-refractivity contribution is -0.130. The second kappa shape index (κ2) is 6.61. The fraction of sp³-hybridized carbons (Fsp3) is 0.611. The lowest BCUT2D eigenvalue weighted by Gasteiger charge is -2.30. The quantitative estimate of drug-likeness (QED) is 0.868. The predicted octanol–water partition coefficient (Wildman–Crippen LogP) is 3.48. The van der Waals surface area contributed by atoms with Crippen LogP contribution in [0.1, 0.15) is 57.1 Å². The molecule has 2 unspecified atom stereocenters. The highest BCUT2D eigenvalue weighted by atomic mass is 16.2. The zero-order chi connectivity index (χ0) is 14.7.